The van der Waals surface area contributed by atoms with E-state index in [1.165, 1.54) is 11.3 Å². The van der Waals surface area contributed by atoms with Crippen molar-refractivity contribution in [2.45, 2.75) is 81.8 Å². The number of ether oxygens (including phenoxy) is 1. The van der Waals surface area contributed by atoms with Crippen LogP contribution in [0.5, 0.6) is 0 Å². The van der Waals surface area contributed by atoms with Crippen LogP contribution in [0.25, 0.3) is 21.3 Å². The predicted molar refractivity (Wildman–Crippen MR) is 142 cm³/mol. The number of benzene rings is 1. The number of hydrogen-bond donors (Lipinski definition) is 3. The van der Waals surface area contributed by atoms with Crippen molar-refractivity contribution >= 4 is 32.6 Å². The van der Waals surface area contributed by atoms with E-state index in [9.17, 15) is 15.2 Å². The molecular weight excluding hydrogens is 500 g/mol. The number of amides is 1. The van der Waals surface area contributed by atoms with Gasteiger partial charge in [0.15, 0.2) is 11.0 Å². The number of fused-ring (bicyclic) bond motifs is 1. The fourth-order valence-corrected chi connectivity index (χ4v) is 7.58. The molecule has 0 radical (unpaired) electrons. The molecule has 2 atom stereocenters. The zero-order valence-corrected chi connectivity index (χ0v) is 21.8. The first-order valence-electron chi connectivity index (χ1n) is 13.4. The molecule has 1 aromatic carbocycles. The Morgan fingerprint density at radius 2 is 1.97 bits per heavy atom. The molecule has 0 spiro atoms. The molecule has 38 heavy (non-hydrogen) atoms. The summed E-state index contributed by atoms with van der Waals surface area (Å²) in [5.74, 6) is 0.633. The van der Waals surface area contributed by atoms with Crippen LogP contribution in [-0.4, -0.2) is 49.8 Å². The minimum Gasteiger partial charge on any atom is -0.390 e. The standard InChI is InChI=1S/C28H30N6O3S/c29-15-27-12-28(13-27,14-27)34-19-6-17(7-19)25(36)33-26-32-20-5-4-16(8-23(20)38-26)18-9-30-24(31-10-18)11-37-22-3-1-2-21(22)35/h4-5,8-10,17,19,21-22,34-35H,1-3,6-7,11-14H2,(H,32,33,36)/t17?,19?,21-,22-,27?,28?/m0/s1. The maximum atomic E-state index is 12.8. The molecule has 1 amide bonds. The fraction of sp³-hybridized carbons (Fsp3) is 0.536. The molecule has 2 heterocycles. The highest BCUT2D eigenvalue weighted by Gasteiger charge is 2.69. The Labute approximate surface area is 224 Å². The van der Waals surface area contributed by atoms with E-state index in [0.717, 1.165) is 72.7 Å². The van der Waals surface area contributed by atoms with Gasteiger partial charge >= 0.3 is 0 Å². The third-order valence-electron chi connectivity index (χ3n) is 8.79. The molecule has 2 bridgehead atoms. The smallest absolute Gasteiger partial charge is 0.229 e. The van der Waals surface area contributed by atoms with E-state index in [2.05, 4.69) is 31.7 Å². The van der Waals surface area contributed by atoms with Gasteiger partial charge < -0.3 is 20.5 Å². The van der Waals surface area contributed by atoms with Gasteiger partial charge in [-0.15, -0.1) is 0 Å². The van der Waals surface area contributed by atoms with Crippen LogP contribution >= 0.6 is 11.3 Å². The zero-order chi connectivity index (χ0) is 25.9. The highest BCUT2D eigenvalue weighted by molar-refractivity contribution is 7.22. The average molecular weight is 531 g/mol. The number of carbonyl (C=O) groups excluding carboxylic acids is 1. The molecule has 2 aromatic heterocycles. The summed E-state index contributed by atoms with van der Waals surface area (Å²) in [6.07, 6.45) is 10.3. The molecule has 5 aliphatic carbocycles. The van der Waals surface area contributed by atoms with Crippen LogP contribution in [-0.2, 0) is 16.1 Å². The van der Waals surface area contributed by atoms with Gasteiger partial charge in [0.25, 0.3) is 0 Å². The van der Waals surface area contributed by atoms with Gasteiger partial charge in [-0.2, -0.15) is 5.26 Å². The number of aromatic nitrogens is 3. The Morgan fingerprint density at radius 3 is 2.68 bits per heavy atom. The highest BCUT2D eigenvalue weighted by Crippen LogP contribution is 2.67. The topological polar surface area (TPSA) is 133 Å². The van der Waals surface area contributed by atoms with E-state index in [-0.39, 0.29) is 35.0 Å². The summed E-state index contributed by atoms with van der Waals surface area (Å²) in [6.45, 7) is 0.291. The lowest BCUT2D eigenvalue weighted by atomic mass is 9.39. The summed E-state index contributed by atoms with van der Waals surface area (Å²) >= 11 is 1.47. The Bertz CT molecular complexity index is 1410. The number of carbonyl (C=O) groups is 1. The molecule has 5 fully saturated rings. The third-order valence-corrected chi connectivity index (χ3v) is 9.72. The van der Waals surface area contributed by atoms with Crippen molar-refractivity contribution in [1.82, 2.24) is 20.3 Å². The van der Waals surface area contributed by atoms with Gasteiger partial charge in [-0.05, 0) is 69.1 Å². The van der Waals surface area contributed by atoms with Gasteiger partial charge in [0, 0.05) is 35.5 Å². The first-order valence-corrected chi connectivity index (χ1v) is 14.2. The minimum atomic E-state index is -0.390. The molecule has 10 heteroatoms. The number of hydrogen-bond acceptors (Lipinski definition) is 9. The molecule has 5 aliphatic rings. The highest BCUT2D eigenvalue weighted by atomic mass is 32.1. The number of aliphatic hydroxyl groups is 1. The molecule has 3 N–H and O–H groups in total. The van der Waals surface area contributed by atoms with Gasteiger partial charge in [-0.1, -0.05) is 17.4 Å². The number of rotatable bonds is 8. The Balaban J connectivity index is 0.931. The first-order chi connectivity index (χ1) is 18.4. The van der Waals surface area contributed by atoms with Gasteiger partial charge in [0.2, 0.25) is 5.91 Å². The molecule has 0 saturated heterocycles. The van der Waals surface area contributed by atoms with Gasteiger partial charge in [0.05, 0.1) is 33.9 Å². The van der Waals surface area contributed by atoms with Crippen LogP contribution in [0.1, 0.15) is 57.2 Å². The van der Waals surface area contributed by atoms with Gasteiger partial charge in [-0.3, -0.25) is 4.79 Å². The lowest BCUT2D eigenvalue weighted by molar-refractivity contribution is -0.133. The number of anilines is 1. The van der Waals surface area contributed by atoms with Crippen molar-refractivity contribution in [1.29, 1.82) is 5.26 Å². The van der Waals surface area contributed by atoms with E-state index in [1.54, 1.807) is 12.4 Å². The van der Waals surface area contributed by atoms with Crippen molar-refractivity contribution in [2.75, 3.05) is 5.32 Å². The van der Waals surface area contributed by atoms with E-state index in [0.29, 0.717) is 23.6 Å². The lowest BCUT2D eigenvalue weighted by Gasteiger charge is -2.69. The van der Waals surface area contributed by atoms with E-state index >= 15 is 0 Å². The number of nitrogens with zero attached hydrogens (tertiary/aromatic N) is 4. The molecule has 0 aliphatic heterocycles. The second-order valence-corrected chi connectivity index (χ2v) is 12.7. The Morgan fingerprint density at radius 1 is 1.18 bits per heavy atom. The van der Waals surface area contributed by atoms with Gasteiger partial charge in [0.1, 0.15) is 6.61 Å². The monoisotopic (exact) mass is 530 g/mol. The molecule has 196 valence electrons. The summed E-state index contributed by atoms with van der Waals surface area (Å²) in [5.41, 5.74) is 2.85. The Kier molecular flexibility index (Phi) is 5.74. The minimum absolute atomic E-state index is 0.00363. The zero-order valence-electron chi connectivity index (χ0n) is 21.0. The number of nitrogens with one attached hydrogen (secondary N) is 2. The first kappa shape index (κ1) is 24.1. The Hall–Kier alpha value is -2.97. The average Bonchev–Trinajstić information content (AvgIpc) is 3.44. The summed E-state index contributed by atoms with van der Waals surface area (Å²) in [7, 11) is 0. The van der Waals surface area contributed by atoms with E-state index in [1.807, 2.05) is 18.2 Å². The van der Waals surface area contributed by atoms with Crippen molar-refractivity contribution < 1.29 is 14.6 Å². The molecule has 8 rings (SSSR count). The third kappa shape index (κ3) is 4.28. The van der Waals surface area contributed by atoms with Gasteiger partial charge in [-0.25, -0.2) is 15.0 Å². The number of aliphatic hydroxyl groups excluding tert-OH is 1. The summed E-state index contributed by atoms with van der Waals surface area (Å²) in [6, 6.07) is 8.81. The summed E-state index contributed by atoms with van der Waals surface area (Å²) < 4.78 is 6.77. The van der Waals surface area contributed by atoms with Crippen molar-refractivity contribution in [3.8, 4) is 17.2 Å². The number of nitriles is 1. The van der Waals surface area contributed by atoms with E-state index < -0.39 is 0 Å². The maximum absolute atomic E-state index is 12.8. The molecule has 9 nitrogen and oxygen atoms in total. The lowest BCUT2D eigenvalue weighted by Crippen LogP contribution is -2.75. The molecular formula is C28H30N6O3S. The van der Waals surface area contributed by atoms with Crippen LogP contribution in [0.4, 0.5) is 5.13 Å². The summed E-state index contributed by atoms with van der Waals surface area (Å²) in [5, 5.41) is 26.4. The van der Waals surface area contributed by atoms with E-state index in [4.69, 9.17) is 4.74 Å². The summed E-state index contributed by atoms with van der Waals surface area (Å²) in [4.78, 5) is 26.3. The largest absolute Gasteiger partial charge is 0.390 e. The van der Waals surface area contributed by atoms with Crippen molar-refractivity contribution in [3.63, 3.8) is 0 Å². The van der Waals surface area contributed by atoms with Crippen molar-refractivity contribution in [2.24, 2.45) is 11.3 Å². The van der Waals surface area contributed by atoms with Crippen LogP contribution in [0.2, 0.25) is 0 Å². The van der Waals surface area contributed by atoms with Crippen LogP contribution < -0.4 is 10.6 Å². The molecule has 5 saturated carbocycles. The van der Waals surface area contributed by atoms with Crippen LogP contribution in [0.3, 0.4) is 0 Å². The van der Waals surface area contributed by atoms with Crippen LogP contribution in [0, 0.1) is 22.7 Å². The number of thiazole rings is 1. The predicted octanol–water partition coefficient (Wildman–Crippen LogP) is 3.94. The second-order valence-electron chi connectivity index (χ2n) is 11.6. The van der Waals surface area contributed by atoms with Crippen molar-refractivity contribution in [3.05, 3.63) is 36.4 Å². The van der Waals surface area contributed by atoms with Crippen LogP contribution in [0.15, 0.2) is 30.6 Å². The quantitative estimate of drug-likeness (QED) is 0.399. The fourth-order valence-electron chi connectivity index (χ4n) is 6.67. The molecule has 3 aromatic rings. The SMILES string of the molecule is N#CC12CC(NC3CC(C(=O)Nc4nc5ccc(-c6cnc(CO[C@H]7CCC[C@@H]7O)nc6)cc5s4)C3)(C1)C2. The molecule has 0 unspecified atom stereocenters. The second kappa shape index (κ2) is 9.06. The maximum Gasteiger partial charge on any atom is 0.229 e. The normalized spacial score (nSPS) is 33.2.